The van der Waals surface area contributed by atoms with Gasteiger partial charge in [0.05, 0.1) is 0 Å². The Morgan fingerprint density at radius 3 is 1.29 bits per heavy atom. The number of likely N-dealkylation sites (tertiary alicyclic amines) is 2. The number of fused-ring (bicyclic) bond motifs is 10. The monoisotopic (exact) mass is 686 g/mol. The first-order chi connectivity index (χ1) is 23.1. The highest BCUT2D eigenvalue weighted by atomic mass is 35.5. The maximum atomic E-state index is 9.55. The minimum absolute atomic E-state index is 0.456. The number of likely N-dealkylation sites (N-methyl/N-ethyl adjacent to an activating group) is 2. The predicted octanol–water partition coefficient (Wildman–Crippen LogP) is 8.23. The van der Waals surface area contributed by atoms with Gasteiger partial charge in [-0.2, -0.15) is 0 Å². The summed E-state index contributed by atoms with van der Waals surface area (Å²) in [6.45, 7) is 4.24. The number of hydrogen-bond acceptors (Lipinski definition) is 6. The highest BCUT2D eigenvalue weighted by Gasteiger charge is 2.39. The van der Waals surface area contributed by atoms with Gasteiger partial charge < -0.3 is 29.5 Å². The second-order valence-corrected chi connectivity index (χ2v) is 13.4. The van der Waals surface area contributed by atoms with Gasteiger partial charge in [0, 0.05) is 83.2 Å². The summed E-state index contributed by atoms with van der Waals surface area (Å²) < 4.78 is 12.3. The van der Waals surface area contributed by atoms with Gasteiger partial charge in [-0.1, -0.05) is 59.6 Å². The summed E-state index contributed by atoms with van der Waals surface area (Å²) in [5.74, 6) is 3.23. The molecule has 248 valence electrons. The number of hydrogen-bond donors (Lipinski definition) is 2. The second-order valence-electron chi connectivity index (χ2n) is 12.5. The molecule has 4 aliphatic heterocycles. The molecule has 0 spiro atoms. The van der Waals surface area contributed by atoms with E-state index in [-0.39, 0.29) is 0 Å². The number of benzene rings is 4. The quantitative estimate of drug-likeness (QED) is 0.204. The molecule has 10 heteroatoms. The number of aliphatic carboxylic acids is 2. The van der Waals surface area contributed by atoms with Crippen molar-refractivity contribution >= 4 is 35.1 Å². The zero-order valence-corrected chi connectivity index (χ0v) is 28.1. The zero-order valence-electron chi connectivity index (χ0n) is 26.6. The number of halogens is 2. The molecule has 4 atom stereocenters. The van der Waals surface area contributed by atoms with Gasteiger partial charge in [0.2, 0.25) is 0 Å². The topological polar surface area (TPSA) is 99.5 Å². The standard InChI is InChI=1S/2C17H16ClNO.C4H4O4/c2*1-19-9-14-12-4-2-3-5-16(12)20-17-7-6-11(18)8-13(17)15(14)10-19;5-3(6)1-2-4(7)8/h2*2-8,14-15H,9-10H2,1H3;1-2H,(H,5,6)(H,7,8)/b;;2-1-/t2*14-,15-;/m11./s1. The van der Waals surface area contributed by atoms with Crippen molar-refractivity contribution in [2.45, 2.75) is 23.7 Å². The van der Waals surface area contributed by atoms with Crippen LogP contribution in [0.15, 0.2) is 97.1 Å². The largest absolute Gasteiger partial charge is 0.478 e. The van der Waals surface area contributed by atoms with Crippen molar-refractivity contribution in [1.29, 1.82) is 0 Å². The van der Waals surface area contributed by atoms with Crippen molar-refractivity contribution in [2.24, 2.45) is 0 Å². The lowest BCUT2D eigenvalue weighted by molar-refractivity contribution is -0.134. The first kappa shape index (κ1) is 33.6. The Morgan fingerprint density at radius 1 is 0.583 bits per heavy atom. The van der Waals surface area contributed by atoms with Crippen LogP contribution in [-0.2, 0) is 9.59 Å². The van der Waals surface area contributed by atoms with Crippen LogP contribution in [0.3, 0.4) is 0 Å². The van der Waals surface area contributed by atoms with E-state index in [1.807, 2.05) is 36.4 Å². The fraction of sp³-hybridized carbons (Fsp3) is 0.263. The normalized spacial score (nSPS) is 21.8. The summed E-state index contributed by atoms with van der Waals surface area (Å²) in [4.78, 5) is 23.9. The third-order valence-electron chi connectivity index (χ3n) is 9.19. The van der Waals surface area contributed by atoms with Gasteiger partial charge in [-0.25, -0.2) is 9.59 Å². The van der Waals surface area contributed by atoms with Crippen LogP contribution in [0.1, 0.15) is 45.9 Å². The van der Waals surface area contributed by atoms with Gasteiger partial charge in [0.25, 0.3) is 0 Å². The highest BCUT2D eigenvalue weighted by molar-refractivity contribution is 6.31. The molecule has 0 unspecified atom stereocenters. The Morgan fingerprint density at radius 2 is 0.917 bits per heavy atom. The summed E-state index contributed by atoms with van der Waals surface area (Å²) in [5, 5.41) is 17.2. The molecule has 0 radical (unpaired) electrons. The predicted molar refractivity (Wildman–Crippen MR) is 186 cm³/mol. The van der Waals surface area contributed by atoms with Gasteiger partial charge >= 0.3 is 11.9 Å². The number of carbonyl (C=O) groups is 2. The highest BCUT2D eigenvalue weighted by Crippen LogP contribution is 2.51. The molecular formula is C38H36Cl2N2O6. The Labute approximate surface area is 289 Å². The van der Waals surface area contributed by atoms with Crippen LogP contribution in [0, 0.1) is 0 Å². The van der Waals surface area contributed by atoms with Crippen molar-refractivity contribution < 1.29 is 29.3 Å². The summed E-state index contributed by atoms with van der Waals surface area (Å²) >= 11 is 12.4. The summed E-state index contributed by atoms with van der Waals surface area (Å²) in [7, 11) is 4.37. The summed E-state index contributed by atoms with van der Waals surface area (Å²) in [6, 6.07) is 28.7. The third kappa shape index (κ3) is 7.37. The molecule has 0 amide bonds. The van der Waals surface area contributed by atoms with E-state index in [9.17, 15) is 9.59 Å². The van der Waals surface area contributed by atoms with E-state index in [1.54, 1.807) is 0 Å². The smallest absolute Gasteiger partial charge is 0.328 e. The van der Waals surface area contributed by atoms with Gasteiger partial charge in [-0.05, 0) is 73.8 Å². The Kier molecular flexibility index (Phi) is 10.1. The molecule has 2 saturated heterocycles. The van der Waals surface area contributed by atoms with E-state index in [0.29, 0.717) is 35.8 Å². The Balaban J connectivity index is 0.000000138. The molecule has 0 saturated carbocycles. The van der Waals surface area contributed by atoms with Crippen LogP contribution >= 0.6 is 23.2 Å². The van der Waals surface area contributed by atoms with Gasteiger partial charge in [-0.3, -0.25) is 0 Å². The van der Waals surface area contributed by atoms with Crippen LogP contribution in [0.4, 0.5) is 0 Å². The lowest BCUT2D eigenvalue weighted by Crippen LogP contribution is -2.14. The molecule has 4 aromatic carbocycles. The van der Waals surface area contributed by atoms with Crippen molar-refractivity contribution in [2.75, 3.05) is 40.3 Å². The number of carboxylic acids is 2. The number of nitrogens with zero attached hydrogens (tertiary/aromatic N) is 2. The van der Waals surface area contributed by atoms with E-state index in [2.05, 4.69) is 72.4 Å². The molecule has 4 aliphatic rings. The van der Waals surface area contributed by atoms with E-state index in [4.69, 9.17) is 42.9 Å². The average molecular weight is 688 g/mol. The first-order valence-electron chi connectivity index (χ1n) is 15.7. The maximum absolute atomic E-state index is 9.55. The molecule has 48 heavy (non-hydrogen) atoms. The SMILES string of the molecule is CN1C[C@@H]2c3ccccc3Oc3ccc(Cl)cc3[C@H]2C1.CN1C[C@@H]2c3ccccc3Oc3ccc(Cl)cc3[C@H]2C1.O=C(O)/C=C\C(=O)O. The van der Waals surface area contributed by atoms with Gasteiger partial charge in [-0.15, -0.1) is 0 Å². The van der Waals surface area contributed by atoms with Crippen LogP contribution in [0.25, 0.3) is 0 Å². The fourth-order valence-corrected chi connectivity index (χ4v) is 7.57. The van der Waals surface area contributed by atoms with E-state index < -0.39 is 11.9 Å². The molecule has 8 nitrogen and oxygen atoms in total. The van der Waals surface area contributed by atoms with E-state index in [0.717, 1.165) is 59.2 Å². The van der Waals surface area contributed by atoms with E-state index >= 15 is 0 Å². The van der Waals surface area contributed by atoms with Crippen LogP contribution in [-0.4, -0.2) is 72.2 Å². The van der Waals surface area contributed by atoms with E-state index in [1.165, 1.54) is 22.3 Å². The minimum atomic E-state index is -1.26. The summed E-state index contributed by atoms with van der Waals surface area (Å²) in [5.41, 5.74) is 5.11. The molecule has 4 heterocycles. The molecule has 4 aromatic rings. The van der Waals surface area contributed by atoms with Crippen molar-refractivity contribution in [3.8, 4) is 23.0 Å². The van der Waals surface area contributed by atoms with Crippen molar-refractivity contribution in [3.05, 3.63) is 129 Å². The van der Waals surface area contributed by atoms with Crippen molar-refractivity contribution in [3.63, 3.8) is 0 Å². The lowest BCUT2D eigenvalue weighted by Gasteiger charge is -2.17. The van der Waals surface area contributed by atoms with Crippen LogP contribution in [0.2, 0.25) is 10.0 Å². The third-order valence-corrected chi connectivity index (χ3v) is 9.66. The Bertz CT molecular complexity index is 1730. The van der Waals surface area contributed by atoms with Gasteiger partial charge in [0.15, 0.2) is 0 Å². The summed E-state index contributed by atoms with van der Waals surface area (Å²) in [6.07, 6.45) is 1.12. The van der Waals surface area contributed by atoms with Crippen LogP contribution < -0.4 is 9.47 Å². The number of para-hydroxylation sites is 2. The Hall–Kier alpha value is -4.34. The fourth-order valence-electron chi connectivity index (χ4n) is 7.20. The molecular weight excluding hydrogens is 651 g/mol. The van der Waals surface area contributed by atoms with Crippen molar-refractivity contribution in [1.82, 2.24) is 9.80 Å². The molecule has 0 aliphatic carbocycles. The molecule has 2 N–H and O–H groups in total. The molecule has 2 fully saturated rings. The zero-order chi connectivity index (χ0) is 33.9. The van der Waals surface area contributed by atoms with Crippen LogP contribution in [0.5, 0.6) is 23.0 Å². The molecule has 0 aromatic heterocycles. The molecule has 8 rings (SSSR count). The minimum Gasteiger partial charge on any atom is -0.478 e. The second kappa shape index (κ2) is 14.4. The average Bonchev–Trinajstić information content (AvgIpc) is 3.58. The number of carboxylic acid groups (broad SMARTS) is 2. The number of ether oxygens (including phenoxy) is 2. The molecule has 0 bridgehead atoms. The first-order valence-corrected chi connectivity index (χ1v) is 16.5. The lowest BCUT2D eigenvalue weighted by atomic mass is 9.84. The van der Waals surface area contributed by atoms with Gasteiger partial charge in [0.1, 0.15) is 23.0 Å². The maximum Gasteiger partial charge on any atom is 0.328 e. The number of rotatable bonds is 2.